The van der Waals surface area contributed by atoms with E-state index in [4.69, 9.17) is 4.74 Å². The molecule has 5 heteroatoms. The van der Waals surface area contributed by atoms with Crippen molar-refractivity contribution in [2.24, 2.45) is 0 Å². The van der Waals surface area contributed by atoms with Crippen molar-refractivity contribution in [1.82, 2.24) is 0 Å². The lowest BCUT2D eigenvalue weighted by atomic mass is 10.3. The van der Waals surface area contributed by atoms with Gasteiger partial charge in [0, 0.05) is 6.07 Å². The third-order valence-electron chi connectivity index (χ3n) is 1.43. The van der Waals surface area contributed by atoms with Gasteiger partial charge < -0.3 is 9.47 Å². The van der Waals surface area contributed by atoms with Crippen molar-refractivity contribution in [3.05, 3.63) is 22.7 Å². The Kier molecular flexibility index (Phi) is 4.13. The van der Waals surface area contributed by atoms with E-state index in [2.05, 4.69) is 20.7 Å². The predicted octanol–water partition coefficient (Wildman–Crippen LogP) is 3.45. The van der Waals surface area contributed by atoms with Gasteiger partial charge in [0.1, 0.15) is 11.5 Å². The number of alkyl halides is 2. The lowest BCUT2D eigenvalue weighted by Crippen LogP contribution is -2.02. The summed E-state index contributed by atoms with van der Waals surface area (Å²) in [6.07, 6.45) is 0. The Bertz CT molecular complexity index is 305. The summed E-state index contributed by atoms with van der Waals surface area (Å²) in [5.74, 6) is 0.581. The van der Waals surface area contributed by atoms with Crippen LogP contribution in [0.3, 0.4) is 0 Å². The van der Waals surface area contributed by atoms with Crippen molar-refractivity contribution >= 4 is 15.9 Å². The molecule has 0 fully saturated rings. The molecule has 0 heterocycles. The van der Waals surface area contributed by atoms with Crippen molar-refractivity contribution in [3.8, 4) is 11.5 Å². The van der Waals surface area contributed by atoms with Gasteiger partial charge in [0.05, 0.1) is 11.1 Å². The smallest absolute Gasteiger partial charge is 0.387 e. The van der Waals surface area contributed by atoms with Gasteiger partial charge in [-0.2, -0.15) is 8.78 Å². The van der Waals surface area contributed by atoms with Crippen LogP contribution in [0, 0.1) is 0 Å². The number of benzene rings is 1. The zero-order chi connectivity index (χ0) is 10.6. The maximum absolute atomic E-state index is 11.9. The standard InChI is InChI=1S/C9H9BrF2O2/c1-2-13-8-5-6(14-9(11)12)3-4-7(8)10/h3-5,9H,2H2,1H3. The van der Waals surface area contributed by atoms with Crippen LogP contribution in [0.5, 0.6) is 11.5 Å². The summed E-state index contributed by atoms with van der Waals surface area (Å²) in [5.41, 5.74) is 0. The Morgan fingerprint density at radius 2 is 2.14 bits per heavy atom. The molecule has 0 spiro atoms. The molecule has 1 rings (SSSR count). The largest absolute Gasteiger partial charge is 0.493 e. The van der Waals surface area contributed by atoms with E-state index in [1.165, 1.54) is 12.1 Å². The van der Waals surface area contributed by atoms with Crippen LogP contribution in [0.1, 0.15) is 6.92 Å². The van der Waals surface area contributed by atoms with Crippen LogP contribution in [-0.2, 0) is 0 Å². The first-order valence-electron chi connectivity index (χ1n) is 4.00. The molecule has 0 bridgehead atoms. The highest BCUT2D eigenvalue weighted by molar-refractivity contribution is 9.10. The lowest BCUT2D eigenvalue weighted by Gasteiger charge is -2.08. The molecular formula is C9H9BrF2O2. The molecule has 0 radical (unpaired) electrons. The van der Waals surface area contributed by atoms with Gasteiger partial charge in [-0.05, 0) is 35.0 Å². The van der Waals surface area contributed by atoms with Crippen molar-refractivity contribution in [3.63, 3.8) is 0 Å². The van der Waals surface area contributed by atoms with Crippen molar-refractivity contribution in [2.75, 3.05) is 6.61 Å². The van der Waals surface area contributed by atoms with Gasteiger partial charge in [-0.3, -0.25) is 0 Å². The summed E-state index contributed by atoms with van der Waals surface area (Å²) in [7, 11) is 0. The first-order valence-corrected chi connectivity index (χ1v) is 4.80. The number of hydrogen-bond acceptors (Lipinski definition) is 2. The van der Waals surface area contributed by atoms with E-state index in [1.54, 1.807) is 6.07 Å². The minimum absolute atomic E-state index is 0.0895. The minimum atomic E-state index is -2.81. The van der Waals surface area contributed by atoms with Crippen LogP contribution in [0.25, 0.3) is 0 Å². The number of halogens is 3. The molecule has 0 saturated heterocycles. The average molecular weight is 267 g/mol. The topological polar surface area (TPSA) is 18.5 Å². The van der Waals surface area contributed by atoms with Crippen LogP contribution in [0.4, 0.5) is 8.78 Å². The Hall–Kier alpha value is -0.840. The quantitative estimate of drug-likeness (QED) is 0.831. The Balaban J connectivity index is 2.83. The van der Waals surface area contributed by atoms with Crippen LogP contribution in [0.15, 0.2) is 22.7 Å². The van der Waals surface area contributed by atoms with Gasteiger partial charge in [0.2, 0.25) is 0 Å². The summed E-state index contributed by atoms with van der Waals surface area (Å²) < 4.78 is 33.8. The number of rotatable bonds is 4. The molecule has 0 aliphatic heterocycles. The van der Waals surface area contributed by atoms with Gasteiger partial charge >= 0.3 is 6.61 Å². The molecule has 0 amide bonds. The summed E-state index contributed by atoms with van der Waals surface area (Å²) in [6, 6.07) is 4.46. The number of ether oxygens (including phenoxy) is 2. The molecule has 0 N–H and O–H groups in total. The van der Waals surface area contributed by atoms with Crippen LogP contribution < -0.4 is 9.47 Å². The molecule has 1 aromatic carbocycles. The van der Waals surface area contributed by atoms with E-state index in [0.717, 1.165) is 0 Å². The minimum Gasteiger partial charge on any atom is -0.493 e. The van der Waals surface area contributed by atoms with Gasteiger partial charge in [-0.25, -0.2) is 0 Å². The van der Waals surface area contributed by atoms with E-state index < -0.39 is 6.61 Å². The Morgan fingerprint density at radius 1 is 1.43 bits per heavy atom. The van der Waals surface area contributed by atoms with Gasteiger partial charge in [0.25, 0.3) is 0 Å². The van der Waals surface area contributed by atoms with Crippen LogP contribution in [0.2, 0.25) is 0 Å². The van der Waals surface area contributed by atoms with E-state index in [1.807, 2.05) is 6.92 Å². The maximum atomic E-state index is 11.9. The molecule has 2 nitrogen and oxygen atoms in total. The first-order chi connectivity index (χ1) is 6.63. The maximum Gasteiger partial charge on any atom is 0.387 e. The Morgan fingerprint density at radius 3 is 2.71 bits per heavy atom. The second-order valence-corrected chi connectivity index (χ2v) is 3.26. The van der Waals surface area contributed by atoms with E-state index >= 15 is 0 Å². The van der Waals surface area contributed by atoms with E-state index in [0.29, 0.717) is 16.8 Å². The fourth-order valence-electron chi connectivity index (χ4n) is 0.926. The third kappa shape index (κ3) is 3.14. The average Bonchev–Trinajstić information content (AvgIpc) is 2.10. The monoisotopic (exact) mass is 266 g/mol. The van der Waals surface area contributed by atoms with Crippen LogP contribution in [-0.4, -0.2) is 13.2 Å². The molecule has 14 heavy (non-hydrogen) atoms. The lowest BCUT2D eigenvalue weighted by molar-refractivity contribution is -0.0499. The van der Waals surface area contributed by atoms with Crippen molar-refractivity contribution in [2.45, 2.75) is 13.5 Å². The first kappa shape index (κ1) is 11.2. The van der Waals surface area contributed by atoms with Crippen LogP contribution >= 0.6 is 15.9 Å². The fraction of sp³-hybridized carbons (Fsp3) is 0.333. The molecule has 78 valence electrons. The highest BCUT2D eigenvalue weighted by Crippen LogP contribution is 2.29. The molecule has 1 aromatic rings. The molecule has 0 atom stereocenters. The summed E-state index contributed by atoms with van der Waals surface area (Å²) in [4.78, 5) is 0. The highest BCUT2D eigenvalue weighted by Gasteiger charge is 2.07. The summed E-state index contributed by atoms with van der Waals surface area (Å²) in [5, 5.41) is 0. The molecular weight excluding hydrogens is 258 g/mol. The highest BCUT2D eigenvalue weighted by atomic mass is 79.9. The third-order valence-corrected chi connectivity index (χ3v) is 2.08. The van der Waals surface area contributed by atoms with Crippen molar-refractivity contribution < 1.29 is 18.3 Å². The number of hydrogen-bond donors (Lipinski definition) is 0. The molecule has 0 aliphatic carbocycles. The van der Waals surface area contributed by atoms with Gasteiger partial charge in [0.15, 0.2) is 0 Å². The molecule has 0 aromatic heterocycles. The second kappa shape index (κ2) is 5.14. The van der Waals surface area contributed by atoms with Gasteiger partial charge in [-0.1, -0.05) is 0 Å². The van der Waals surface area contributed by atoms with E-state index in [9.17, 15) is 8.78 Å². The molecule has 0 unspecified atom stereocenters. The molecule has 0 saturated carbocycles. The summed E-state index contributed by atoms with van der Waals surface area (Å²) >= 11 is 3.23. The second-order valence-electron chi connectivity index (χ2n) is 2.40. The van der Waals surface area contributed by atoms with E-state index in [-0.39, 0.29) is 5.75 Å². The Labute approximate surface area is 89.0 Å². The fourth-order valence-corrected chi connectivity index (χ4v) is 1.29. The summed E-state index contributed by atoms with van der Waals surface area (Å²) in [6.45, 7) is -0.533. The van der Waals surface area contributed by atoms with Gasteiger partial charge in [-0.15, -0.1) is 0 Å². The normalized spacial score (nSPS) is 10.4. The zero-order valence-electron chi connectivity index (χ0n) is 7.47. The predicted molar refractivity (Wildman–Crippen MR) is 51.9 cm³/mol. The van der Waals surface area contributed by atoms with Crippen molar-refractivity contribution in [1.29, 1.82) is 0 Å². The zero-order valence-corrected chi connectivity index (χ0v) is 9.05. The SMILES string of the molecule is CCOc1cc(OC(F)F)ccc1Br. The molecule has 0 aliphatic rings.